The summed E-state index contributed by atoms with van der Waals surface area (Å²) in [4.78, 5) is 4.57. The van der Waals surface area contributed by atoms with Crippen LogP contribution in [0.2, 0.25) is 0 Å². The Hall–Kier alpha value is -1.58. The van der Waals surface area contributed by atoms with Crippen molar-refractivity contribution in [3.63, 3.8) is 0 Å². The molecule has 0 saturated heterocycles. The largest absolute Gasteiger partial charge is 0.229 e. The molecular formula is C15H11NS2. The summed E-state index contributed by atoms with van der Waals surface area (Å²) < 4.78 is 2.33. The first-order valence-electron chi connectivity index (χ1n) is 5.66. The summed E-state index contributed by atoms with van der Waals surface area (Å²) in [6.07, 6.45) is 2.11. The van der Waals surface area contributed by atoms with Crippen molar-refractivity contribution < 1.29 is 0 Å². The molecule has 3 heteroatoms. The smallest absolute Gasteiger partial charge is 0.155 e. The maximum absolute atomic E-state index is 4.57. The highest BCUT2D eigenvalue weighted by Crippen LogP contribution is 2.30. The zero-order chi connectivity index (χ0) is 12.2. The van der Waals surface area contributed by atoms with Crippen LogP contribution in [0.15, 0.2) is 64.3 Å². The van der Waals surface area contributed by atoms with Crippen molar-refractivity contribution in [3.8, 4) is 0 Å². The zero-order valence-corrected chi connectivity index (χ0v) is 11.2. The lowest BCUT2D eigenvalue weighted by Crippen LogP contribution is -1.68. The zero-order valence-electron chi connectivity index (χ0n) is 9.61. The van der Waals surface area contributed by atoms with Crippen LogP contribution < -0.4 is 0 Å². The Bertz CT molecular complexity index is 638. The van der Waals surface area contributed by atoms with E-state index in [1.165, 1.54) is 10.3 Å². The SMILES string of the molecule is C(=Cc1ccccc1)Sc1nc2ccccc2s1. The molecule has 88 valence electrons. The standard InChI is InChI=1S/C15H11NS2/c1-2-6-12(7-3-1)10-11-17-15-16-13-8-4-5-9-14(13)18-15/h1-11H. The second-order valence-electron chi connectivity index (χ2n) is 3.78. The molecule has 0 aliphatic heterocycles. The molecular weight excluding hydrogens is 258 g/mol. The van der Waals surface area contributed by atoms with E-state index < -0.39 is 0 Å². The van der Waals surface area contributed by atoms with Crippen LogP contribution in [0, 0.1) is 0 Å². The Morgan fingerprint density at radius 1 is 0.944 bits per heavy atom. The van der Waals surface area contributed by atoms with E-state index in [0.717, 1.165) is 9.86 Å². The highest BCUT2D eigenvalue weighted by Gasteiger charge is 2.01. The third-order valence-electron chi connectivity index (χ3n) is 2.50. The third kappa shape index (κ3) is 2.63. The van der Waals surface area contributed by atoms with Gasteiger partial charge in [0.15, 0.2) is 4.34 Å². The highest BCUT2D eigenvalue weighted by molar-refractivity contribution is 8.04. The van der Waals surface area contributed by atoms with Crippen LogP contribution in [0.4, 0.5) is 0 Å². The number of nitrogens with zero attached hydrogens (tertiary/aromatic N) is 1. The molecule has 0 fully saturated rings. The second-order valence-corrected chi connectivity index (χ2v) is 5.96. The summed E-state index contributed by atoms with van der Waals surface area (Å²) in [7, 11) is 0. The number of hydrogen-bond donors (Lipinski definition) is 0. The van der Waals surface area contributed by atoms with Crippen LogP contribution in [0.25, 0.3) is 16.3 Å². The minimum Gasteiger partial charge on any atom is -0.229 e. The number of thioether (sulfide) groups is 1. The van der Waals surface area contributed by atoms with Crippen molar-refractivity contribution in [1.29, 1.82) is 0 Å². The van der Waals surface area contributed by atoms with Crippen LogP contribution in [0.3, 0.4) is 0 Å². The van der Waals surface area contributed by atoms with Crippen LogP contribution in [0.5, 0.6) is 0 Å². The fraction of sp³-hybridized carbons (Fsp3) is 0. The number of benzene rings is 2. The third-order valence-corrected chi connectivity index (χ3v) is 4.44. The molecule has 0 spiro atoms. The van der Waals surface area contributed by atoms with E-state index in [0.29, 0.717) is 0 Å². The Morgan fingerprint density at radius 3 is 2.56 bits per heavy atom. The number of rotatable bonds is 3. The van der Waals surface area contributed by atoms with Gasteiger partial charge in [-0.05, 0) is 29.2 Å². The molecule has 0 N–H and O–H groups in total. The van der Waals surface area contributed by atoms with Gasteiger partial charge in [0, 0.05) is 0 Å². The molecule has 0 radical (unpaired) electrons. The summed E-state index contributed by atoms with van der Waals surface area (Å²) >= 11 is 3.40. The molecule has 3 rings (SSSR count). The quantitative estimate of drug-likeness (QED) is 0.616. The molecule has 1 aromatic heterocycles. The predicted molar refractivity (Wildman–Crippen MR) is 81.0 cm³/mol. The molecule has 1 nitrogen and oxygen atoms in total. The number of hydrogen-bond acceptors (Lipinski definition) is 3. The van der Waals surface area contributed by atoms with Gasteiger partial charge in [-0.2, -0.15) is 0 Å². The molecule has 2 aromatic carbocycles. The molecule has 0 saturated carbocycles. The van der Waals surface area contributed by atoms with E-state index in [1.54, 1.807) is 23.1 Å². The molecule has 0 amide bonds. The summed E-state index contributed by atoms with van der Waals surface area (Å²) in [6, 6.07) is 18.5. The molecule has 0 unspecified atom stereocenters. The lowest BCUT2D eigenvalue weighted by molar-refractivity contribution is 1.31. The fourth-order valence-electron chi connectivity index (χ4n) is 1.64. The molecule has 1 heterocycles. The first-order valence-corrected chi connectivity index (χ1v) is 7.35. The van der Waals surface area contributed by atoms with Gasteiger partial charge < -0.3 is 0 Å². The van der Waals surface area contributed by atoms with E-state index in [1.807, 2.05) is 24.3 Å². The van der Waals surface area contributed by atoms with Gasteiger partial charge in [-0.3, -0.25) is 0 Å². The maximum atomic E-state index is 4.57. The van der Waals surface area contributed by atoms with Gasteiger partial charge in [-0.15, -0.1) is 11.3 Å². The fourth-order valence-corrected chi connectivity index (χ4v) is 3.45. The van der Waals surface area contributed by atoms with Gasteiger partial charge in [0.2, 0.25) is 0 Å². The average molecular weight is 269 g/mol. The summed E-state index contributed by atoms with van der Waals surface area (Å²) in [5, 5.41) is 2.09. The highest BCUT2D eigenvalue weighted by atomic mass is 32.2. The van der Waals surface area contributed by atoms with E-state index >= 15 is 0 Å². The summed E-state index contributed by atoms with van der Waals surface area (Å²) in [5.74, 6) is 0. The van der Waals surface area contributed by atoms with E-state index in [9.17, 15) is 0 Å². The van der Waals surface area contributed by atoms with E-state index in [4.69, 9.17) is 0 Å². The van der Waals surface area contributed by atoms with Crippen molar-refractivity contribution in [2.45, 2.75) is 4.34 Å². The number of fused-ring (bicyclic) bond motifs is 1. The number of thiazole rings is 1. The molecule has 3 aromatic rings. The van der Waals surface area contributed by atoms with Crippen molar-refractivity contribution in [2.24, 2.45) is 0 Å². The average Bonchev–Trinajstić information content (AvgIpc) is 2.82. The van der Waals surface area contributed by atoms with E-state index in [-0.39, 0.29) is 0 Å². The van der Waals surface area contributed by atoms with E-state index in [2.05, 4.69) is 46.8 Å². The Kier molecular flexibility index (Phi) is 3.44. The Labute approximate surface area is 114 Å². The van der Waals surface area contributed by atoms with Crippen LogP contribution in [0.1, 0.15) is 5.56 Å². The lowest BCUT2D eigenvalue weighted by Gasteiger charge is -1.90. The molecule has 18 heavy (non-hydrogen) atoms. The van der Waals surface area contributed by atoms with Gasteiger partial charge in [0.25, 0.3) is 0 Å². The maximum Gasteiger partial charge on any atom is 0.155 e. The predicted octanol–water partition coefficient (Wildman–Crippen LogP) is 5.06. The lowest BCUT2D eigenvalue weighted by atomic mass is 10.2. The topological polar surface area (TPSA) is 12.9 Å². The normalized spacial score (nSPS) is 11.3. The van der Waals surface area contributed by atoms with Crippen molar-refractivity contribution in [1.82, 2.24) is 4.98 Å². The first kappa shape index (κ1) is 11.5. The molecule has 0 aliphatic carbocycles. The molecule has 0 atom stereocenters. The van der Waals surface area contributed by atoms with Crippen molar-refractivity contribution in [3.05, 3.63) is 65.6 Å². The molecule has 0 aliphatic rings. The summed E-state index contributed by atoms with van der Waals surface area (Å²) in [5.41, 5.74) is 2.30. The Balaban J connectivity index is 1.75. The number of aromatic nitrogens is 1. The monoisotopic (exact) mass is 269 g/mol. The summed E-state index contributed by atoms with van der Waals surface area (Å²) in [6.45, 7) is 0. The van der Waals surface area contributed by atoms with Crippen molar-refractivity contribution >= 4 is 39.4 Å². The van der Waals surface area contributed by atoms with Gasteiger partial charge in [0.05, 0.1) is 10.2 Å². The Morgan fingerprint density at radius 2 is 1.72 bits per heavy atom. The minimum absolute atomic E-state index is 1.08. The van der Waals surface area contributed by atoms with Gasteiger partial charge in [0.1, 0.15) is 0 Å². The van der Waals surface area contributed by atoms with Crippen molar-refractivity contribution in [2.75, 3.05) is 0 Å². The van der Waals surface area contributed by atoms with Crippen LogP contribution in [-0.2, 0) is 0 Å². The van der Waals surface area contributed by atoms with Gasteiger partial charge in [-0.1, -0.05) is 54.2 Å². The van der Waals surface area contributed by atoms with Crippen LogP contribution >= 0.6 is 23.1 Å². The minimum atomic E-state index is 1.08. The van der Waals surface area contributed by atoms with Gasteiger partial charge in [-0.25, -0.2) is 4.98 Å². The van der Waals surface area contributed by atoms with Crippen LogP contribution in [-0.4, -0.2) is 4.98 Å². The second kappa shape index (κ2) is 5.38. The molecule has 0 bridgehead atoms. The first-order chi connectivity index (χ1) is 8.92. The van der Waals surface area contributed by atoms with Gasteiger partial charge >= 0.3 is 0 Å². The number of para-hydroxylation sites is 1.